The van der Waals surface area contributed by atoms with E-state index in [1.165, 1.54) is 24.3 Å². The molecule has 0 saturated heterocycles. The van der Waals surface area contributed by atoms with Crippen molar-refractivity contribution in [3.63, 3.8) is 0 Å². The van der Waals surface area contributed by atoms with Crippen LogP contribution in [0.1, 0.15) is 36.1 Å². The molecule has 3 amide bonds. The minimum atomic E-state index is -2.03. The van der Waals surface area contributed by atoms with Crippen LogP contribution in [0.25, 0.3) is 6.08 Å². The van der Waals surface area contributed by atoms with E-state index < -0.39 is 42.1 Å². The second-order valence-electron chi connectivity index (χ2n) is 8.14. The number of aliphatic carboxylic acids is 2. The summed E-state index contributed by atoms with van der Waals surface area (Å²) < 4.78 is 4.79. The van der Waals surface area contributed by atoms with Crippen LogP contribution < -0.4 is 16.4 Å². The molecular weight excluding hydrogens is 510 g/mol. The number of hydrogen-bond acceptors (Lipinski definition) is 7. The van der Waals surface area contributed by atoms with E-state index in [4.69, 9.17) is 15.9 Å². The van der Waals surface area contributed by atoms with E-state index in [-0.39, 0.29) is 30.9 Å². The molecule has 0 aliphatic rings. The highest BCUT2D eigenvalue weighted by molar-refractivity contribution is 5.95. The van der Waals surface area contributed by atoms with Gasteiger partial charge < -0.3 is 31.3 Å². The normalized spacial score (nSPS) is 12.1. The van der Waals surface area contributed by atoms with Crippen molar-refractivity contribution in [3.8, 4) is 0 Å². The summed E-state index contributed by atoms with van der Waals surface area (Å²) in [6, 6.07) is 11.8. The average molecular weight is 540 g/mol. The van der Waals surface area contributed by atoms with E-state index in [0.717, 1.165) is 6.92 Å². The zero-order valence-corrected chi connectivity index (χ0v) is 21.0. The van der Waals surface area contributed by atoms with Crippen LogP contribution >= 0.6 is 0 Å². The number of carbonyl (C=O) groups is 5. The second-order valence-corrected chi connectivity index (χ2v) is 8.14. The summed E-state index contributed by atoms with van der Waals surface area (Å²) in [7, 11) is 0. The fraction of sp³-hybridized carbons (Fsp3) is 0.231. The number of urea groups is 1. The molecule has 0 saturated carbocycles. The van der Waals surface area contributed by atoms with E-state index in [1.54, 1.807) is 42.5 Å². The minimum absolute atomic E-state index is 0.0175. The van der Waals surface area contributed by atoms with Crippen LogP contribution in [0.15, 0.2) is 60.7 Å². The summed E-state index contributed by atoms with van der Waals surface area (Å²) in [6.45, 7) is 0.688. The molecule has 7 N–H and O–H groups in total. The van der Waals surface area contributed by atoms with Crippen molar-refractivity contribution < 1.29 is 38.9 Å². The Labute approximate surface area is 223 Å². The summed E-state index contributed by atoms with van der Waals surface area (Å²) in [5.74, 6) is -4.54. The summed E-state index contributed by atoms with van der Waals surface area (Å²) in [6.07, 6.45) is 0.828. The second kappa shape index (κ2) is 14.5. The standard InChI is InChI=1S/C26H29N5O8/c1-16(32)39-23(25(36)37)31(26(38)30-21(24(34)35)18-6-3-2-4-7-18)15-5-14-29-20(33)13-10-17-8-11-19(12-9-17)22(27)28/h2-4,6-13,21,23H,5,14-15H2,1H3,(H3,27,28)(H,29,33)(H,30,38)(H,34,35)(H,36,37). The number of esters is 1. The summed E-state index contributed by atoms with van der Waals surface area (Å²) in [5.41, 5.74) is 6.88. The maximum absolute atomic E-state index is 13.0. The van der Waals surface area contributed by atoms with Crippen LogP contribution in [0, 0.1) is 5.41 Å². The topological polar surface area (TPSA) is 212 Å². The molecule has 2 unspecified atom stereocenters. The van der Waals surface area contributed by atoms with Gasteiger partial charge in [-0.2, -0.15) is 0 Å². The number of amides is 3. The maximum atomic E-state index is 13.0. The van der Waals surface area contributed by atoms with Crippen molar-refractivity contribution in [3.05, 3.63) is 77.4 Å². The fourth-order valence-corrected chi connectivity index (χ4v) is 3.33. The quantitative estimate of drug-likeness (QED) is 0.0540. The zero-order chi connectivity index (χ0) is 28.9. The first-order valence-corrected chi connectivity index (χ1v) is 11.6. The lowest BCUT2D eigenvalue weighted by atomic mass is 10.1. The van der Waals surface area contributed by atoms with Crippen molar-refractivity contribution in [2.24, 2.45) is 5.73 Å². The number of rotatable bonds is 13. The largest absolute Gasteiger partial charge is 0.479 e. The highest BCUT2D eigenvalue weighted by Crippen LogP contribution is 2.15. The Morgan fingerprint density at radius 1 is 1.03 bits per heavy atom. The minimum Gasteiger partial charge on any atom is -0.479 e. The molecule has 0 fully saturated rings. The molecule has 39 heavy (non-hydrogen) atoms. The van der Waals surface area contributed by atoms with Gasteiger partial charge in [-0.3, -0.25) is 19.9 Å². The Morgan fingerprint density at radius 2 is 1.67 bits per heavy atom. The van der Waals surface area contributed by atoms with E-state index in [9.17, 15) is 34.2 Å². The molecule has 13 nitrogen and oxygen atoms in total. The van der Waals surface area contributed by atoms with Crippen molar-refractivity contribution in [2.45, 2.75) is 25.6 Å². The number of amidine groups is 1. The first-order valence-electron chi connectivity index (χ1n) is 11.6. The van der Waals surface area contributed by atoms with E-state index in [1.807, 2.05) is 0 Å². The first kappa shape index (κ1) is 30.0. The van der Waals surface area contributed by atoms with Gasteiger partial charge in [0.2, 0.25) is 5.91 Å². The number of nitrogens with one attached hydrogen (secondary N) is 3. The number of nitrogens with zero attached hydrogens (tertiary/aromatic N) is 1. The molecule has 0 bridgehead atoms. The fourth-order valence-electron chi connectivity index (χ4n) is 3.33. The van der Waals surface area contributed by atoms with E-state index in [2.05, 4.69) is 10.6 Å². The van der Waals surface area contributed by atoms with Gasteiger partial charge in [0.1, 0.15) is 5.84 Å². The molecule has 2 aromatic carbocycles. The molecule has 2 atom stereocenters. The molecule has 206 valence electrons. The monoisotopic (exact) mass is 539 g/mol. The van der Waals surface area contributed by atoms with Gasteiger partial charge in [0.05, 0.1) is 0 Å². The average Bonchev–Trinajstić information content (AvgIpc) is 2.89. The molecule has 0 aliphatic heterocycles. The van der Waals surface area contributed by atoms with E-state index in [0.29, 0.717) is 16.0 Å². The molecule has 0 aliphatic carbocycles. The van der Waals surface area contributed by atoms with Crippen LogP contribution in [-0.4, -0.2) is 70.1 Å². The van der Waals surface area contributed by atoms with Gasteiger partial charge in [-0.05, 0) is 23.6 Å². The smallest absolute Gasteiger partial charge is 0.367 e. The number of carboxylic acids is 2. The first-order chi connectivity index (χ1) is 18.5. The van der Waals surface area contributed by atoms with E-state index >= 15 is 0 Å². The number of carbonyl (C=O) groups excluding carboxylic acids is 3. The lowest BCUT2D eigenvalue weighted by molar-refractivity contribution is -0.172. The van der Waals surface area contributed by atoms with Crippen LogP contribution in [0.2, 0.25) is 0 Å². The third kappa shape index (κ3) is 9.64. The molecular formula is C26H29N5O8. The van der Waals surface area contributed by atoms with Crippen LogP contribution in [0.5, 0.6) is 0 Å². The van der Waals surface area contributed by atoms with Gasteiger partial charge in [0.25, 0.3) is 6.23 Å². The molecule has 2 rings (SSSR count). The zero-order valence-electron chi connectivity index (χ0n) is 21.0. The van der Waals surface area contributed by atoms with Gasteiger partial charge in [-0.1, -0.05) is 54.6 Å². The predicted octanol–water partition coefficient (Wildman–Crippen LogP) is 1.30. The van der Waals surface area contributed by atoms with Crippen LogP contribution in [0.4, 0.5) is 4.79 Å². The molecule has 2 aromatic rings. The number of hydrogen-bond donors (Lipinski definition) is 6. The number of ether oxygens (including phenoxy) is 1. The van der Waals surface area contributed by atoms with Crippen molar-refractivity contribution in [1.82, 2.24) is 15.5 Å². The number of carboxylic acid groups (broad SMARTS) is 2. The number of nitrogen functional groups attached to an aromatic ring is 1. The van der Waals surface area contributed by atoms with Crippen molar-refractivity contribution >= 4 is 41.8 Å². The van der Waals surface area contributed by atoms with Crippen molar-refractivity contribution in [2.75, 3.05) is 13.1 Å². The summed E-state index contributed by atoms with van der Waals surface area (Å²) in [4.78, 5) is 60.9. The Hall–Kier alpha value is -5.20. The molecule has 0 spiro atoms. The Balaban J connectivity index is 2.05. The highest BCUT2D eigenvalue weighted by atomic mass is 16.6. The van der Waals surface area contributed by atoms with Gasteiger partial charge in [0, 0.05) is 31.7 Å². The Morgan fingerprint density at radius 3 is 2.21 bits per heavy atom. The Kier molecular flexibility index (Phi) is 11.2. The SMILES string of the molecule is CC(=O)OC(C(=O)O)N(CCCNC(=O)C=Cc1ccc(C(=N)N)cc1)C(=O)NC(C(=O)O)c1ccccc1. The molecule has 0 heterocycles. The molecule has 13 heteroatoms. The van der Waals surface area contributed by atoms with Crippen LogP contribution in [0.3, 0.4) is 0 Å². The summed E-state index contributed by atoms with van der Waals surface area (Å²) in [5, 5.41) is 31.4. The number of nitrogens with two attached hydrogens (primary N) is 1. The highest BCUT2D eigenvalue weighted by Gasteiger charge is 2.34. The lowest BCUT2D eigenvalue weighted by Crippen LogP contribution is -2.53. The predicted molar refractivity (Wildman–Crippen MR) is 139 cm³/mol. The number of benzene rings is 2. The van der Waals surface area contributed by atoms with Crippen molar-refractivity contribution in [1.29, 1.82) is 5.41 Å². The Bertz CT molecular complexity index is 1230. The third-order valence-electron chi connectivity index (χ3n) is 5.20. The summed E-state index contributed by atoms with van der Waals surface area (Å²) >= 11 is 0. The molecule has 0 radical (unpaired) electrons. The molecule has 0 aromatic heterocycles. The van der Waals surface area contributed by atoms with Gasteiger partial charge in [-0.15, -0.1) is 0 Å². The van der Waals surface area contributed by atoms with Crippen LogP contribution in [-0.2, 0) is 23.9 Å². The van der Waals surface area contributed by atoms with Gasteiger partial charge in [-0.25, -0.2) is 14.4 Å². The maximum Gasteiger partial charge on any atom is 0.367 e. The van der Waals surface area contributed by atoms with Gasteiger partial charge in [0.15, 0.2) is 6.04 Å². The third-order valence-corrected chi connectivity index (χ3v) is 5.20. The van der Waals surface area contributed by atoms with Gasteiger partial charge >= 0.3 is 23.9 Å². The lowest BCUT2D eigenvalue weighted by Gasteiger charge is -2.29.